The highest BCUT2D eigenvalue weighted by molar-refractivity contribution is 5.94. The maximum absolute atomic E-state index is 13.8. The largest absolute Gasteiger partial charge is 0.348 e. The lowest BCUT2D eigenvalue weighted by Crippen LogP contribution is -2.42. The fourth-order valence-corrected chi connectivity index (χ4v) is 2.26. The molecule has 0 fully saturated rings. The van der Waals surface area contributed by atoms with Gasteiger partial charge in [-0.2, -0.15) is 0 Å². The third-order valence-corrected chi connectivity index (χ3v) is 3.05. The van der Waals surface area contributed by atoms with Crippen LogP contribution in [0, 0.1) is 18.7 Å². The number of aryl methyl sites for hydroxylation is 1. The van der Waals surface area contributed by atoms with E-state index in [1.54, 1.807) is 19.1 Å². The van der Waals surface area contributed by atoms with E-state index < -0.39 is 5.82 Å². The minimum Gasteiger partial charge on any atom is -0.348 e. The summed E-state index contributed by atoms with van der Waals surface area (Å²) in [7, 11) is 3.93. The van der Waals surface area contributed by atoms with E-state index in [0.717, 1.165) is 18.5 Å². The van der Waals surface area contributed by atoms with Crippen molar-refractivity contribution in [3.8, 4) is 0 Å². The van der Waals surface area contributed by atoms with E-state index in [1.807, 2.05) is 19.0 Å². The van der Waals surface area contributed by atoms with Gasteiger partial charge in [-0.1, -0.05) is 19.9 Å². The van der Waals surface area contributed by atoms with Gasteiger partial charge in [-0.3, -0.25) is 4.79 Å². The van der Waals surface area contributed by atoms with E-state index in [9.17, 15) is 9.18 Å². The van der Waals surface area contributed by atoms with Crippen LogP contribution in [0.15, 0.2) is 18.2 Å². The van der Waals surface area contributed by atoms with E-state index >= 15 is 0 Å². The number of nitrogens with zero attached hydrogens (tertiary/aromatic N) is 1. The van der Waals surface area contributed by atoms with E-state index in [1.165, 1.54) is 6.07 Å². The van der Waals surface area contributed by atoms with Crippen molar-refractivity contribution >= 4 is 5.91 Å². The fraction of sp³-hybridized carbons (Fsp3) is 0.562. The van der Waals surface area contributed by atoms with Crippen LogP contribution in [-0.4, -0.2) is 37.5 Å². The van der Waals surface area contributed by atoms with Crippen molar-refractivity contribution in [2.45, 2.75) is 33.2 Å². The standard InChI is InChI=1S/C16H25FN2O/c1-11(2)8-13(10-19(4)5)18-16(20)14-7-6-12(3)9-15(14)17/h6-7,9,11,13H,8,10H2,1-5H3,(H,18,20). The molecule has 1 aromatic rings. The normalized spacial score (nSPS) is 12.8. The molecule has 3 nitrogen and oxygen atoms in total. The molecule has 0 bridgehead atoms. The van der Waals surface area contributed by atoms with Crippen molar-refractivity contribution in [1.82, 2.24) is 10.2 Å². The highest BCUT2D eigenvalue weighted by atomic mass is 19.1. The van der Waals surface area contributed by atoms with Crippen LogP contribution in [0.2, 0.25) is 0 Å². The van der Waals surface area contributed by atoms with Crippen molar-refractivity contribution in [1.29, 1.82) is 0 Å². The number of amides is 1. The third-order valence-electron chi connectivity index (χ3n) is 3.05. The summed E-state index contributed by atoms with van der Waals surface area (Å²) in [5.41, 5.74) is 0.925. The summed E-state index contributed by atoms with van der Waals surface area (Å²) in [5, 5.41) is 2.94. The average Bonchev–Trinajstić information content (AvgIpc) is 2.26. The van der Waals surface area contributed by atoms with Crippen LogP contribution < -0.4 is 5.32 Å². The lowest BCUT2D eigenvalue weighted by Gasteiger charge is -2.24. The highest BCUT2D eigenvalue weighted by Crippen LogP contribution is 2.12. The summed E-state index contributed by atoms with van der Waals surface area (Å²) in [4.78, 5) is 14.2. The smallest absolute Gasteiger partial charge is 0.254 e. The quantitative estimate of drug-likeness (QED) is 0.869. The Labute approximate surface area is 121 Å². The Balaban J connectivity index is 2.78. The van der Waals surface area contributed by atoms with E-state index in [0.29, 0.717) is 5.92 Å². The van der Waals surface area contributed by atoms with Crippen molar-refractivity contribution in [2.75, 3.05) is 20.6 Å². The predicted octanol–water partition coefficient (Wildman–Crippen LogP) is 2.84. The molecule has 0 saturated carbocycles. The number of likely N-dealkylation sites (N-methyl/N-ethyl adjacent to an activating group) is 1. The molecule has 0 radical (unpaired) electrons. The summed E-state index contributed by atoms with van der Waals surface area (Å²) in [6.45, 7) is 6.78. The first-order chi connectivity index (χ1) is 9.29. The first kappa shape index (κ1) is 16.6. The molecule has 20 heavy (non-hydrogen) atoms. The molecule has 112 valence electrons. The van der Waals surface area contributed by atoms with Crippen molar-refractivity contribution in [3.05, 3.63) is 35.1 Å². The van der Waals surface area contributed by atoms with Crippen LogP contribution in [0.3, 0.4) is 0 Å². The van der Waals surface area contributed by atoms with Crippen molar-refractivity contribution in [2.24, 2.45) is 5.92 Å². The summed E-state index contributed by atoms with van der Waals surface area (Å²) >= 11 is 0. The van der Waals surface area contributed by atoms with Gasteiger partial charge in [0.1, 0.15) is 5.82 Å². The van der Waals surface area contributed by atoms with Crippen LogP contribution in [-0.2, 0) is 0 Å². The molecule has 0 spiro atoms. The van der Waals surface area contributed by atoms with Gasteiger partial charge >= 0.3 is 0 Å². The van der Waals surface area contributed by atoms with Crippen LogP contribution in [0.1, 0.15) is 36.2 Å². The molecule has 0 aliphatic carbocycles. The van der Waals surface area contributed by atoms with Crippen molar-refractivity contribution < 1.29 is 9.18 Å². The van der Waals surface area contributed by atoms with E-state index in [2.05, 4.69) is 19.2 Å². The second kappa shape index (κ2) is 7.39. The highest BCUT2D eigenvalue weighted by Gasteiger charge is 2.18. The summed E-state index contributed by atoms with van der Waals surface area (Å²) < 4.78 is 13.8. The van der Waals surface area contributed by atoms with Gasteiger partial charge in [0.25, 0.3) is 5.91 Å². The van der Waals surface area contributed by atoms with E-state index in [-0.39, 0.29) is 17.5 Å². The molecular formula is C16H25FN2O. The number of rotatable bonds is 6. The fourth-order valence-electron chi connectivity index (χ4n) is 2.26. The Morgan fingerprint density at radius 3 is 2.50 bits per heavy atom. The van der Waals surface area contributed by atoms with Gasteiger partial charge in [-0.25, -0.2) is 4.39 Å². The summed E-state index contributed by atoms with van der Waals surface area (Å²) in [6, 6.07) is 4.71. The van der Waals surface area contributed by atoms with Gasteiger partial charge in [0, 0.05) is 12.6 Å². The van der Waals surface area contributed by atoms with Gasteiger partial charge in [0.15, 0.2) is 0 Å². The lowest BCUT2D eigenvalue weighted by atomic mass is 10.0. The molecule has 0 heterocycles. The number of benzene rings is 1. The van der Waals surface area contributed by atoms with Crippen LogP contribution in [0.25, 0.3) is 0 Å². The first-order valence-electron chi connectivity index (χ1n) is 7.01. The van der Waals surface area contributed by atoms with Crippen molar-refractivity contribution in [3.63, 3.8) is 0 Å². The minimum atomic E-state index is -0.462. The average molecular weight is 280 g/mol. The van der Waals surface area contributed by atoms with Gasteiger partial charge < -0.3 is 10.2 Å². The second-order valence-corrected chi connectivity index (χ2v) is 6.05. The monoisotopic (exact) mass is 280 g/mol. The zero-order valence-corrected chi connectivity index (χ0v) is 13.0. The molecule has 0 saturated heterocycles. The number of hydrogen-bond donors (Lipinski definition) is 1. The second-order valence-electron chi connectivity index (χ2n) is 6.05. The Morgan fingerprint density at radius 2 is 2.00 bits per heavy atom. The number of hydrogen-bond acceptors (Lipinski definition) is 2. The molecule has 1 rings (SSSR count). The van der Waals surface area contributed by atoms with Gasteiger partial charge in [0.2, 0.25) is 0 Å². The third kappa shape index (κ3) is 5.29. The first-order valence-corrected chi connectivity index (χ1v) is 7.01. The van der Waals surface area contributed by atoms with Crippen LogP contribution >= 0.6 is 0 Å². The van der Waals surface area contributed by atoms with Gasteiger partial charge in [0.05, 0.1) is 5.56 Å². The SMILES string of the molecule is Cc1ccc(C(=O)NC(CC(C)C)CN(C)C)c(F)c1. The molecule has 1 amide bonds. The molecule has 1 N–H and O–H groups in total. The molecule has 1 unspecified atom stereocenters. The molecule has 4 heteroatoms. The molecule has 0 aliphatic heterocycles. The zero-order valence-electron chi connectivity index (χ0n) is 13.0. The maximum Gasteiger partial charge on any atom is 0.254 e. The number of halogens is 1. The maximum atomic E-state index is 13.8. The Kier molecular flexibility index (Phi) is 6.14. The van der Waals surface area contributed by atoms with Crippen LogP contribution in [0.5, 0.6) is 0 Å². The number of nitrogens with one attached hydrogen (secondary N) is 1. The predicted molar refractivity (Wildman–Crippen MR) is 80.4 cm³/mol. The zero-order chi connectivity index (χ0) is 15.3. The molecule has 0 aliphatic rings. The summed E-state index contributed by atoms with van der Waals surface area (Å²) in [5.74, 6) is -0.325. The molecule has 1 atom stereocenters. The van der Waals surface area contributed by atoms with E-state index in [4.69, 9.17) is 0 Å². The molecular weight excluding hydrogens is 255 g/mol. The summed E-state index contributed by atoms with van der Waals surface area (Å²) in [6.07, 6.45) is 0.872. The van der Waals surface area contributed by atoms with Crippen LogP contribution in [0.4, 0.5) is 4.39 Å². The lowest BCUT2D eigenvalue weighted by molar-refractivity contribution is 0.0920. The molecule has 0 aromatic heterocycles. The van der Waals surface area contributed by atoms with Gasteiger partial charge in [-0.15, -0.1) is 0 Å². The Bertz CT molecular complexity index is 448. The van der Waals surface area contributed by atoms with Gasteiger partial charge in [-0.05, 0) is 51.1 Å². The molecule has 1 aromatic carbocycles. The Hall–Kier alpha value is -1.42. The topological polar surface area (TPSA) is 32.3 Å². The number of carbonyl (C=O) groups is 1. The Morgan fingerprint density at radius 1 is 1.35 bits per heavy atom. The number of carbonyl (C=O) groups excluding carboxylic acids is 1. The minimum absolute atomic E-state index is 0.0261.